The second kappa shape index (κ2) is 9.18. The van der Waals surface area contributed by atoms with E-state index in [-0.39, 0.29) is 0 Å². The topological polar surface area (TPSA) is 8.81 Å². The molecule has 2 nitrogen and oxygen atoms in total. The number of aryl methyl sites for hydroxylation is 1. The molecule has 0 aliphatic heterocycles. The molecule has 0 saturated carbocycles. The van der Waals surface area contributed by atoms with Crippen molar-refractivity contribution in [3.63, 3.8) is 0 Å². The molecule has 0 amide bonds. The molecule has 1 rings (SSSR count). The van der Waals surface area contributed by atoms with Gasteiger partial charge in [0.15, 0.2) is 0 Å². The van der Waals surface area contributed by atoms with Gasteiger partial charge in [-0.1, -0.05) is 51.9 Å². The highest BCUT2D eigenvalue weighted by Crippen LogP contribution is 2.16. The van der Waals surface area contributed by atoms with Crippen LogP contribution in [0.4, 0.5) is 0 Å². The van der Waals surface area contributed by atoms with Crippen LogP contribution in [0.25, 0.3) is 0 Å². The van der Waals surface area contributed by atoms with E-state index in [1.165, 1.54) is 57.8 Å². The molecule has 18 heavy (non-hydrogen) atoms. The van der Waals surface area contributed by atoms with Gasteiger partial charge in [-0.3, -0.25) is 0 Å². The minimum atomic E-state index is 0.645. The van der Waals surface area contributed by atoms with Crippen molar-refractivity contribution in [3.8, 4) is 0 Å². The first kappa shape index (κ1) is 15.3. The molecule has 1 unspecified atom stereocenters. The van der Waals surface area contributed by atoms with Gasteiger partial charge < -0.3 is 0 Å². The minimum Gasteiger partial charge on any atom is -0.240 e. The third-order valence-corrected chi connectivity index (χ3v) is 3.77. The Balaban J connectivity index is 1.97. The van der Waals surface area contributed by atoms with Crippen LogP contribution in [-0.2, 0) is 7.05 Å². The molecule has 1 heterocycles. The highest BCUT2D eigenvalue weighted by Gasteiger charge is 2.09. The smallest absolute Gasteiger partial charge is 0.240 e. The summed E-state index contributed by atoms with van der Waals surface area (Å²) >= 11 is 0. The average molecular weight is 251 g/mol. The summed E-state index contributed by atoms with van der Waals surface area (Å²) in [5.74, 6) is 0. The molecule has 0 saturated heterocycles. The maximum absolute atomic E-state index is 2.32. The van der Waals surface area contributed by atoms with Gasteiger partial charge in [-0.25, -0.2) is 9.13 Å². The Morgan fingerprint density at radius 2 is 1.61 bits per heavy atom. The van der Waals surface area contributed by atoms with Crippen molar-refractivity contribution >= 4 is 0 Å². The van der Waals surface area contributed by atoms with Gasteiger partial charge in [-0.15, -0.1) is 0 Å². The van der Waals surface area contributed by atoms with Crippen molar-refractivity contribution in [1.82, 2.24) is 4.57 Å². The second-order valence-electron chi connectivity index (χ2n) is 5.64. The summed E-state index contributed by atoms with van der Waals surface area (Å²) in [7, 11) is 2.08. The van der Waals surface area contributed by atoms with Crippen molar-refractivity contribution in [2.75, 3.05) is 0 Å². The molecule has 0 radical (unpaired) electrons. The molecule has 0 spiro atoms. The Kier molecular flexibility index (Phi) is 7.79. The Bertz CT molecular complexity index is 304. The SMILES string of the molecule is CCCCCCCCCCC(C)n1cc[n+](C)c1. The summed E-state index contributed by atoms with van der Waals surface area (Å²) < 4.78 is 4.44. The van der Waals surface area contributed by atoms with E-state index in [4.69, 9.17) is 0 Å². The van der Waals surface area contributed by atoms with Crippen molar-refractivity contribution in [1.29, 1.82) is 0 Å². The lowest BCUT2D eigenvalue weighted by atomic mass is 10.1. The molecule has 1 atom stereocenters. The fourth-order valence-corrected chi connectivity index (χ4v) is 2.45. The lowest BCUT2D eigenvalue weighted by Crippen LogP contribution is -2.24. The van der Waals surface area contributed by atoms with E-state index in [2.05, 4.69) is 48.8 Å². The molecular formula is C16H31N2+. The first-order valence-electron chi connectivity index (χ1n) is 7.76. The maximum atomic E-state index is 2.32. The first-order chi connectivity index (χ1) is 8.74. The molecule has 104 valence electrons. The zero-order valence-corrected chi connectivity index (χ0v) is 12.6. The van der Waals surface area contributed by atoms with Crippen LogP contribution < -0.4 is 4.57 Å². The Hall–Kier alpha value is -0.790. The average Bonchev–Trinajstić information content (AvgIpc) is 2.79. The monoisotopic (exact) mass is 251 g/mol. The van der Waals surface area contributed by atoms with Crippen LogP contribution in [0.2, 0.25) is 0 Å². The molecule has 0 aliphatic carbocycles. The van der Waals surface area contributed by atoms with Gasteiger partial charge in [0.05, 0.1) is 13.1 Å². The fourth-order valence-electron chi connectivity index (χ4n) is 2.45. The van der Waals surface area contributed by atoms with E-state index in [1.54, 1.807) is 0 Å². The predicted molar refractivity (Wildman–Crippen MR) is 77.5 cm³/mol. The van der Waals surface area contributed by atoms with E-state index in [9.17, 15) is 0 Å². The zero-order chi connectivity index (χ0) is 13.2. The molecule has 0 aromatic carbocycles. The Morgan fingerprint density at radius 1 is 1.00 bits per heavy atom. The summed E-state index contributed by atoms with van der Waals surface area (Å²) in [5.41, 5.74) is 0. The Morgan fingerprint density at radius 3 is 2.17 bits per heavy atom. The van der Waals surface area contributed by atoms with E-state index < -0.39 is 0 Å². The summed E-state index contributed by atoms with van der Waals surface area (Å²) in [5, 5.41) is 0. The maximum Gasteiger partial charge on any atom is 0.243 e. The van der Waals surface area contributed by atoms with Crippen LogP contribution in [0.15, 0.2) is 18.7 Å². The van der Waals surface area contributed by atoms with Gasteiger partial charge >= 0.3 is 0 Å². The highest BCUT2D eigenvalue weighted by molar-refractivity contribution is 4.72. The number of nitrogens with zero attached hydrogens (tertiary/aromatic N) is 2. The predicted octanol–water partition coefficient (Wildman–Crippen LogP) is 4.40. The Labute approximate surface area is 113 Å². The van der Waals surface area contributed by atoms with Crippen LogP contribution in [0.3, 0.4) is 0 Å². The fraction of sp³-hybridized carbons (Fsp3) is 0.812. The summed E-state index contributed by atoms with van der Waals surface area (Å²) in [6, 6.07) is 0.645. The molecule has 0 N–H and O–H groups in total. The van der Waals surface area contributed by atoms with Gasteiger partial charge in [0.25, 0.3) is 0 Å². The number of aromatic nitrogens is 2. The van der Waals surface area contributed by atoms with Gasteiger partial charge in [-0.05, 0) is 19.8 Å². The van der Waals surface area contributed by atoms with Crippen molar-refractivity contribution in [2.24, 2.45) is 7.05 Å². The molecular weight excluding hydrogens is 220 g/mol. The third kappa shape index (κ3) is 6.23. The molecule has 0 fully saturated rings. The normalized spacial score (nSPS) is 12.8. The van der Waals surface area contributed by atoms with E-state index in [1.807, 2.05) is 0 Å². The molecule has 2 heteroatoms. The zero-order valence-electron chi connectivity index (χ0n) is 12.6. The second-order valence-corrected chi connectivity index (χ2v) is 5.64. The van der Waals surface area contributed by atoms with Crippen LogP contribution in [-0.4, -0.2) is 4.57 Å². The number of unbranched alkanes of at least 4 members (excludes halogenated alkanes) is 7. The standard InChI is InChI=1S/C16H31N2/c1-4-5-6-7-8-9-10-11-12-16(2)18-14-13-17(3)15-18/h13-16H,4-12H2,1-3H3/q+1. The van der Waals surface area contributed by atoms with Crippen molar-refractivity contribution in [2.45, 2.75) is 77.7 Å². The summed E-state index contributed by atoms with van der Waals surface area (Å²) in [4.78, 5) is 0. The number of hydrogen-bond donors (Lipinski definition) is 0. The van der Waals surface area contributed by atoms with Crippen LogP contribution >= 0.6 is 0 Å². The van der Waals surface area contributed by atoms with E-state index in [0.29, 0.717) is 6.04 Å². The van der Waals surface area contributed by atoms with E-state index in [0.717, 1.165) is 0 Å². The largest absolute Gasteiger partial charge is 0.243 e. The van der Waals surface area contributed by atoms with Gasteiger partial charge in [0, 0.05) is 0 Å². The van der Waals surface area contributed by atoms with Crippen LogP contribution in [0, 0.1) is 0 Å². The number of rotatable bonds is 10. The minimum absolute atomic E-state index is 0.645. The highest BCUT2D eigenvalue weighted by atomic mass is 15.1. The summed E-state index contributed by atoms with van der Waals surface area (Å²) in [6.07, 6.45) is 19.1. The number of hydrogen-bond acceptors (Lipinski definition) is 0. The lowest BCUT2D eigenvalue weighted by Gasteiger charge is -2.07. The first-order valence-corrected chi connectivity index (χ1v) is 7.76. The quantitative estimate of drug-likeness (QED) is 0.430. The van der Waals surface area contributed by atoms with Gasteiger partial charge in [0.1, 0.15) is 12.4 Å². The van der Waals surface area contributed by atoms with Gasteiger partial charge in [-0.2, -0.15) is 0 Å². The molecule has 1 aromatic rings. The van der Waals surface area contributed by atoms with Gasteiger partial charge in [0.2, 0.25) is 6.33 Å². The molecule has 1 aromatic heterocycles. The van der Waals surface area contributed by atoms with Crippen LogP contribution in [0.1, 0.15) is 77.7 Å². The summed E-state index contributed by atoms with van der Waals surface area (Å²) in [6.45, 7) is 4.60. The van der Waals surface area contributed by atoms with Crippen molar-refractivity contribution < 1.29 is 4.57 Å². The van der Waals surface area contributed by atoms with E-state index >= 15 is 0 Å². The number of imidazole rings is 1. The molecule has 0 aliphatic rings. The molecule has 0 bridgehead atoms. The third-order valence-electron chi connectivity index (χ3n) is 3.77. The van der Waals surface area contributed by atoms with Crippen molar-refractivity contribution in [3.05, 3.63) is 18.7 Å². The van der Waals surface area contributed by atoms with Crippen LogP contribution in [0.5, 0.6) is 0 Å². The lowest BCUT2D eigenvalue weighted by molar-refractivity contribution is -0.671.